The number of pyridine rings is 1. The van der Waals surface area contributed by atoms with Crippen LogP contribution in [0.15, 0.2) is 51.7 Å². The van der Waals surface area contributed by atoms with Crippen molar-refractivity contribution in [2.75, 3.05) is 23.3 Å². The molecule has 0 spiro atoms. The van der Waals surface area contributed by atoms with Crippen molar-refractivity contribution >= 4 is 46.7 Å². The number of nitrogens with zero attached hydrogens (tertiary/aromatic N) is 2. The predicted molar refractivity (Wildman–Crippen MR) is 157 cm³/mol. The molecule has 1 saturated heterocycles. The lowest BCUT2D eigenvalue weighted by atomic mass is 9.79. The number of piperidine rings is 1. The van der Waals surface area contributed by atoms with Gasteiger partial charge in [0.1, 0.15) is 10.7 Å². The molecule has 2 aromatic heterocycles. The van der Waals surface area contributed by atoms with Gasteiger partial charge in [-0.15, -0.1) is 0 Å². The summed E-state index contributed by atoms with van der Waals surface area (Å²) in [6.45, 7) is 8.06. The fraction of sp³-hybridized carbons (Fsp3) is 0.333. The molecule has 0 saturated carbocycles. The van der Waals surface area contributed by atoms with E-state index in [1.807, 2.05) is 44.2 Å². The third kappa shape index (κ3) is 4.82. The number of fused-ring (bicyclic) bond motifs is 2. The summed E-state index contributed by atoms with van der Waals surface area (Å²) in [6, 6.07) is 13.2. The summed E-state index contributed by atoms with van der Waals surface area (Å²) >= 11 is 6.33. The molecule has 2 aliphatic rings. The maximum Gasteiger partial charge on any atom is 0.491 e. The van der Waals surface area contributed by atoms with Gasteiger partial charge in [-0.25, -0.2) is 4.98 Å². The Hall–Kier alpha value is -3.33. The van der Waals surface area contributed by atoms with Crippen LogP contribution >= 0.6 is 11.6 Å². The van der Waals surface area contributed by atoms with E-state index in [0.717, 1.165) is 59.3 Å². The van der Waals surface area contributed by atoms with E-state index in [1.54, 1.807) is 6.07 Å². The van der Waals surface area contributed by atoms with Crippen LogP contribution in [0.1, 0.15) is 54.5 Å². The average Bonchev–Trinajstić information content (AvgIpc) is 3.31. The Morgan fingerprint density at radius 1 is 1.10 bits per heavy atom. The molecule has 4 aromatic rings. The van der Waals surface area contributed by atoms with Crippen LogP contribution in [-0.4, -0.2) is 30.2 Å². The van der Waals surface area contributed by atoms with Gasteiger partial charge < -0.3 is 24.3 Å². The summed E-state index contributed by atoms with van der Waals surface area (Å²) < 4.78 is 11.9. The monoisotopic (exact) mass is 543 g/mol. The molecule has 2 aromatic carbocycles. The summed E-state index contributed by atoms with van der Waals surface area (Å²) in [5.74, 6) is 0.681. The van der Waals surface area contributed by atoms with Crippen LogP contribution in [0.2, 0.25) is 5.15 Å². The maximum atomic E-state index is 13.5. The van der Waals surface area contributed by atoms with Crippen molar-refractivity contribution in [3.63, 3.8) is 0 Å². The number of hydrogen-bond acceptors (Lipinski definition) is 7. The molecule has 0 amide bonds. The largest absolute Gasteiger partial charge is 0.491 e. The van der Waals surface area contributed by atoms with Crippen LogP contribution in [0.4, 0.5) is 11.6 Å². The average molecular weight is 544 g/mol. The number of rotatable bonds is 5. The van der Waals surface area contributed by atoms with Crippen LogP contribution in [-0.2, 0) is 11.3 Å². The van der Waals surface area contributed by atoms with E-state index < -0.39 is 7.12 Å². The number of benzene rings is 2. The normalized spacial score (nSPS) is 16.0. The molecule has 39 heavy (non-hydrogen) atoms. The lowest BCUT2D eigenvalue weighted by molar-refractivity contribution is 0.275. The number of anilines is 2. The third-order valence-corrected chi connectivity index (χ3v) is 8.00. The molecule has 200 valence electrons. The summed E-state index contributed by atoms with van der Waals surface area (Å²) in [7, 11) is -0.901. The van der Waals surface area contributed by atoms with Crippen LogP contribution in [0.25, 0.3) is 22.2 Å². The number of aromatic nitrogens is 1. The lowest BCUT2D eigenvalue weighted by Crippen LogP contribution is -2.31. The van der Waals surface area contributed by atoms with Gasteiger partial charge in [-0.2, -0.15) is 0 Å². The highest BCUT2D eigenvalue weighted by atomic mass is 35.5. The molecule has 1 atom stereocenters. The SMILES string of the molecule is Cc1cc([C@H](C)Nc2ccc(Cl)nc2-c2ccc3c(c2)COB3O)c2oc(N3CCCCC3)c(C)c(=O)c2c1. The molecule has 1 fully saturated rings. The van der Waals surface area contributed by atoms with Gasteiger partial charge >= 0.3 is 7.12 Å². The summed E-state index contributed by atoms with van der Waals surface area (Å²) in [4.78, 5) is 20.4. The first kappa shape index (κ1) is 25.9. The van der Waals surface area contributed by atoms with Crippen LogP contribution < -0.4 is 21.1 Å². The molecule has 0 unspecified atom stereocenters. The van der Waals surface area contributed by atoms with E-state index in [0.29, 0.717) is 39.9 Å². The smallest absolute Gasteiger partial charge is 0.440 e. The zero-order valence-electron chi connectivity index (χ0n) is 22.4. The van der Waals surface area contributed by atoms with Gasteiger partial charge in [0.25, 0.3) is 0 Å². The fourth-order valence-corrected chi connectivity index (χ4v) is 5.88. The second-order valence-corrected chi connectivity index (χ2v) is 11.0. The van der Waals surface area contributed by atoms with E-state index >= 15 is 0 Å². The Bertz CT molecular complexity index is 1630. The minimum atomic E-state index is -0.901. The second-order valence-electron chi connectivity index (χ2n) is 10.6. The second kappa shape index (κ2) is 10.3. The first-order valence-corrected chi connectivity index (χ1v) is 13.9. The Kier molecular flexibility index (Phi) is 6.87. The molecular formula is C30H31BClN3O4. The van der Waals surface area contributed by atoms with Crippen molar-refractivity contribution in [1.29, 1.82) is 0 Å². The fourth-order valence-electron chi connectivity index (χ4n) is 5.74. The number of nitrogens with one attached hydrogen (secondary N) is 1. The summed E-state index contributed by atoms with van der Waals surface area (Å²) in [5.41, 5.74) is 7.26. The molecule has 0 aliphatic carbocycles. The predicted octanol–water partition coefficient (Wildman–Crippen LogP) is 5.51. The van der Waals surface area contributed by atoms with Gasteiger partial charge in [-0.3, -0.25) is 4.79 Å². The molecule has 0 bridgehead atoms. The van der Waals surface area contributed by atoms with E-state index in [-0.39, 0.29) is 11.5 Å². The van der Waals surface area contributed by atoms with Crippen molar-refractivity contribution in [3.05, 3.63) is 80.1 Å². The molecule has 0 radical (unpaired) electrons. The first-order chi connectivity index (χ1) is 18.8. The van der Waals surface area contributed by atoms with E-state index in [4.69, 9.17) is 20.7 Å². The van der Waals surface area contributed by atoms with Crippen LogP contribution in [0.5, 0.6) is 0 Å². The lowest BCUT2D eigenvalue weighted by Gasteiger charge is -2.29. The topological polar surface area (TPSA) is 87.8 Å². The van der Waals surface area contributed by atoms with Crippen molar-refractivity contribution < 1.29 is 14.1 Å². The molecule has 7 nitrogen and oxygen atoms in total. The summed E-state index contributed by atoms with van der Waals surface area (Å²) in [5, 5.41) is 14.6. The highest BCUT2D eigenvalue weighted by molar-refractivity contribution is 6.61. The number of hydrogen-bond donors (Lipinski definition) is 2. The van der Waals surface area contributed by atoms with Gasteiger partial charge in [0.2, 0.25) is 5.88 Å². The highest BCUT2D eigenvalue weighted by Crippen LogP contribution is 2.35. The van der Waals surface area contributed by atoms with Crippen molar-refractivity contribution in [1.82, 2.24) is 4.98 Å². The molecule has 2 aliphatic heterocycles. The summed E-state index contributed by atoms with van der Waals surface area (Å²) in [6.07, 6.45) is 3.40. The molecule has 9 heteroatoms. The molecule has 6 rings (SSSR count). The molecule has 4 heterocycles. The van der Waals surface area contributed by atoms with Gasteiger partial charge in [-0.05, 0) is 80.9 Å². The van der Waals surface area contributed by atoms with Gasteiger partial charge in [0.15, 0.2) is 5.43 Å². The Morgan fingerprint density at radius 2 is 1.90 bits per heavy atom. The highest BCUT2D eigenvalue weighted by Gasteiger charge is 2.28. The van der Waals surface area contributed by atoms with Crippen molar-refractivity contribution in [2.45, 2.75) is 52.7 Å². The van der Waals surface area contributed by atoms with Crippen LogP contribution in [0.3, 0.4) is 0 Å². The first-order valence-electron chi connectivity index (χ1n) is 13.5. The number of halogens is 1. The van der Waals surface area contributed by atoms with Gasteiger partial charge in [-0.1, -0.05) is 29.8 Å². The Labute approximate surface area is 232 Å². The standard InChI is InChI=1S/C30H31BClN3O4/c1-17-13-22(29-23(14-17)28(36)18(2)30(39-29)35-11-5-4-6-12-35)19(3)33-25-9-10-26(32)34-27(25)20-7-8-24-21(15-20)16-38-31(24)37/h7-10,13-15,19,33,37H,4-6,11-12,16H2,1-3H3/t19-/m0/s1. The van der Waals surface area contributed by atoms with Gasteiger partial charge in [0, 0.05) is 24.2 Å². The maximum absolute atomic E-state index is 13.5. The zero-order valence-corrected chi connectivity index (χ0v) is 23.1. The third-order valence-electron chi connectivity index (χ3n) is 7.79. The zero-order chi connectivity index (χ0) is 27.3. The molecular weight excluding hydrogens is 513 g/mol. The van der Waals surface area contributed by atoms with Crippen molar-refractivity contribution in [2.24, 2.45) is 0 Å². The minimum absolute atomic E-state index is 0.0189. The molecule has 2 N–H and O–H groups in total. The Morgan fingerprint density at radius 3 is 2.69 bits per heavy atom. The van der Waals surface area contributed by atoms with Crippen molar-refractivity contribution in [3.8, 4) is 11.3 Å². The van der Waals surface area contributed by atoms with Crippen LogP contribution in [0, 0.1) is 13.8 Å². The number of aryl methyl sites for hydroxylation is 1. The quantitative estimate of drug-likeness (QED) is 0.254. The van der Waals surface area contributed by atoms with E-state index in [2.05, 4.69) is 28.2 Å². The minimum Gasteiger partial charge on any atom is -0.440 e. The van der Waals surface area contributed by atoms with Gasteiger partial charge in [0.05, 0.1) is 35.0 Å². The van der Waals surface area contributed by atoms with E-state index in [1.165, 1.54) is 6.42 Å². The van der Waals surface area contributed by atoms with E-state index in [9.17, 15) is 9.82 Å². The Balaban J connectivity index is 1.41.